The summed E-state index contributed by atoms with van der Waals surface area (Å²) in [5, 5.41) is 3.85. The molecule has 0 unspecified atom stereocenters. The molecule has 0 saturated heterocycles. The molecule has 0 bridgehead atoms. The minimum Gasteiger partial charge on any atom is -0.396 e. The van der Waals surface area contributed by atoms with Crippen molar-refractivity contribution < 1.29 is 0 Å². The zero-order valence-electron chi connectivity index (χ0n) is 8.37. The molecular weight excluding hydrogens is 288 g/mol. The van der Waals surface area contributed by atoms with Crippen molar-refractivity contribution >= 4 is 44.6 Å². The Labute approximate surface area is 108 Å². The zero-order chi connectivity index (χ0) is 11.5. The van der Waals surface area contributed by atoms with Crippen LogP contribution < -0.4 is 11.1 Å². The molecular formula is C12H10BrClN2. The van der Waals surface area contributed by atoms with E-state index in [4.69, 9.17) is 17.3 Å². The first-order chi connectivity index (χ1) is 7.66. The molecule has 0 saturated carbocycles. The molecule has 2 rings (SSSR count). The maximum Gasteiger partial charge on any atom is 0.0698 e. The zero-order valence-corrected chi connectivity index (χ0v) is 10.7. The first kappa shape index (κ1) is 11.3. The van der Waals surface area contributed by atoms with Gasteiger partial charge >= 0.3 is 0 Å². The molecule has 0 fully saturated rings. The molecule has 0 atom stereocenters. The number of halogens is 2. The van der Waals surface area contributed by atoms with Gasteiger partial charge < -0.3 is 11.1 Å². The van der Waals surface area contributed by atoms with Crippen LogP contribution in [0.2, 0.25) is 5.02 Å². The Balaban J connectivity index is 2.35. The van der Waals surface area contributed by atoms with E-state index in [-0.39, 0.29) is 0 Å². The molecule has 2 nitrogen and oxygen atoms in total. The molecule has 0 aliphatic rings. The number of nitrogens with one attached hydrogen (secondary N) is 1. The lowest BCUT2D eigenvalue weighted by molar-refractivity contribution is 1.53. The van der Waals surface area contributed by atoms with Gasteiger partial charge in [-0.1, -0.05) is 29.8 Å². The number of nitrogens with two attached hydrogens (primary N) is 1. The largest absolute Gasteiger partial charge is 0.396 e. The third kappa shape index (κ3) is 2.49. The number of benzene rings is 2. The van der Waals surface area contributed by atoms with Crippen molar-refractivity contribution in [1.29, 1.82) is 0 Å². The molecule has 0 amide bonds. The van der Waals surface area contributed by atoms with Crippen LogP contribution in [0.1, 0.15) is 0 Å². The third-order valence-electron chi connectivity index (χ3n) is 2.15. The molecule has 2 aromatic carbocycles. The van der Waals surface area contributed by atoms with Gasteiger partial charge in [0.25, 0.3) is 0 Å². The highest BCUT2D eigenvalue weighted by atomic mass is 79.9. The van der Waals surface area contributed by atoms with E-state index in [1.165, 1.54) is 0 Å². The highest BCUT2D eigenvalue weighted by molar-refractivity contribution is 9.10. The van der Waals surface area contributed by atoms with Gasteiger partial charge in [-0.2, -0.15) is 0 Å². The number of hydrogen-bond donors (Lipinski definition) is 2. The summed E-state index contributed by atoms with van der Waals surface area (Å²) in [6.07, 6.45) is 0. The standard InChI is InChI=1S/C12H10BrClN2/c13-10-6-8(14)7-11(12(10)15)16-9-4-2-1-3-5-9/h1-7,16H,15H2. The maximum atomic E-state index is 5.96. The second-order valence-corrected chi connectivity index (χ2v) is 4.63. The monoisotopic (exact) mass is 296 g/mol. The Hall–Kier alpha value is -1.19. The Morgan fingerprint density at radius 2 is 1.81 bits per heavy atom. The average molecular weight is 298 g/mol. The highest BCUT2D eigenvalue weighted by Gasteiger charge is 2.05. The smallest absolute Gasteiger partial charge is 0.0698 e. The fourth-order valence-corrected chi connectivity index (χ4v) is 2.18. The van der Waals surface area contributed by atoms with E-state index < -0.39 is 0 Å². The number of para-hydroxylation sites is 1. The second-order valence-electron chi connectivity index (χ2n) is 3.34. The Bertz CT molecular complexity index is 500. The molecule has 82 valence electrons. The Kier molecular flexibility index (Phi) is 3.36. The van der Waals surface area contributed by atoms with Gasteiger partial charge in [-0.25, -0.2) is 0 Å². The summed E-state index contributed by atoms with van der Waals surface area (Å²) in [6, 6.07) is 13.4. The normalized spacial score (nSPS) is 10.1. The molecule has 16 heavy (non-hydrogen) atoms. The number of nitrogen functional groups attached to an aromatic ring is 1. The number of anilines is 3. The summed E-state index contributed by atoms with van der Waals surface area (Å²) in [5.74, 6) is 0. The lowest BCUT2D eigenvalue weighted by atomic mass is 10.2. The van der Waals surface area contributed by atoms with Crippen molar-refractivity contribution in [3.8, 4) is 0 Å². The topological polar surface area (TPSA) is 38.0 Å². The third-order valence-corrected chi connectivity index (χ3v) is 3.02. The van der Waals surface area contributed by atoms with Gasteiger partial charge in [0, 0.05) is 15.2 Å². The highest BCUT2D eigenvalue weighted by Crippen LogP contribution is 2.33. The fraction of sp³-hybridized carbons (Fsp3) is 0. The van der Waals surface area contributed by atoms with E-state index in [0.717, 1.165) is 15.8 Å². The minimum absolute atomic E-state index is 0.638. The summed E-state index contributed by atoms with van der Waals surface area (Å²) in [7, 11) is 0. The summed E-state index contributed by atoms with van der Waals surface area (Å²) >= 11 is 9.32. The summed E-state index contributed by atoms with van der Waals surface area (Å²) < 4.78 is 0.790. The molecule has 0 heterocycles. The van der Waals surface area contributed by atoms with E-state index in [1.807, 2.05) is 30.3 Å². The van der Waals surface area contributed by atoms with Gasteiger partial charge in [-0.3, -0.25) is 0 Å². The van der Waals surface area contributed by atoms with Crippen molar-refractivity contribution in [3.63, 3.8) is 0 Å². The molecule has 0 spiro atoms. The van der Waals surface area contributed by atoms with Crippen LogP contribution in [0.4, 0.5) is 17.1 Å². The molecule has 0 radical (unpaired) electrons. The van der Waals surface area contributed by atoms with Crippen LogP contribution in [0.5, 0.6) is 0 Å². The van der Waals surface area contributed by atoms with Gasteiger partial charge in [0.15, 0.2) is 0 Å². The van der Waals surface area contributed by atoms with Crippen LogP contribution in [-0.4, -0.2) is 0 Å². The minimum atomic E-state index is 0.638. The van der Waals surface area contributed by atoms with Gasteiger partial charge in [-0.15, -0.1) is 0 Å². The number of rotatable bonds is 2. The Morgan fingerprint density at radius 3 is 2.50 bits per heavy atom. The number of hydrogen-bond acceptors (Lipinski definition) is 2. The van der Waals surface area contributed by atoms with Crippen molar-refractivity contribution in [3.05, 3.63) is 52.0 Å². The van der Waals surface area contributed by atoms with Crippen LogP contribution in [-0.2, 0) is 0 Å². The predicted octanol–water partition coefficient (Wildman–Crippen LogP) is 4.43. The van der Waals surface area contributed by atoms with Crippen LogP contribution >= 0.6 is 27.5 Å². The fourth-order valence-electron chi connectivity index (χ4n) is 1.37. The van der Waals surface area contributed by atoms with E-state index in [1.54, 1.807) is 12.1 Å². The quantitative estimate of drug-likeness (QED) is 0.805. The maximum absolute atomic E-state index is 5.96. The van der Waals surface area contributed by atoms with E-state index in [9.17, 15) is 0 Å². The molecule has 0 aliphatic heterocycles. The van der Waals surface area contributed by atoms with Crippen molar-refractivity contribution in [1.82, 2.24) is 0 Å². The van der Waals surface area contributed by atoms with Crippen molar-refractivity contribution in [2.24, 2.45) is 0 Å². The van der Waals surface area contributed by atoms with E-state index in [0.29, 0.717) is 10.7 Å². The molecule has 2 aromatic rings. The van der Waals surface area contributed by atoms with Crippen LogP contribution in [0.25, 0.3) is 0 Å². The second kappa shape index (κ2) is 4.76. The SMILES string of the molecule is Nc1c(Br)cc(Cl)cc1Nc1ccccc1. The van der Waals surface area contributed by atoms with Crippen LogP contribution in [0.15, 0.2) is 46.9 Å². The van der Waals surface area contributed by atoms with Gasteiger partial charge in [0.1, 0.15) is 0 Å². The van der Waals surface area contributed by atoms with Gasteiger partial charge in [0.2, 0.25) is 0 Å². The summed E-state index contributed by atoms with van der Waals surface area (Å²) in [4.78, 5) is 0. The van der Waals surface area contributed by atoms with Crippen LogP contribution in [0, 0.1) is 0 Å². The first-order valence-corrected chi connectivity index (χ1v) is 5.90. The molecule has 0 aromatic heterocycles. The predicted molar refractivity (Wildman–Crippen MR) is 73.3 cm³/mol. The van der Waals surface area contributed by atoms with Crippen molar-refractivity contribution in [2.75, 3.05) is 11.1 Å². The lowest BCUT2D eigenvalue weighted by Gasteiger charge is -2.11. The molecule has 0 aliphatic carbocycles. The average Bonchev–Trinajstić information content (AvgIpc) is 2.27. The first-order valence-electron chi connectivity index (χ1n) is 4.73. The van der Waals surface area contributed by atoms with E-state index in [2.05, 4.69) is 21.2 Å². The Morgan fingerprint density at radius 1 is 1.12 bits per heavy atom. The van der Waals surface area contributed by atoms with E-state index >= 15 is 0 Å². The van der Waals surface area contributed by atoms with Gasteiger partial charge in [-0.05, 0) is 40.2 Å². The molecule has 3 N–H and O–H groups in total. The lowest BCUT2D eigenvalue weighted by Crippen LogP contribution is -1.97. The van der Waals surface area contributed by atoms with Crippen molar-refractivity contribution in [2.45, 2.75) is 0 Å². The summed E-state index contributed by atoms with van der Waals surface area (Å²) in [6.45, 7) is 0. The molecule has 4 heteroatoms. The van der Waals surface area contributed by atoms with Gasteiger partial charge in [0.05, 0.1) is 11.4 Å². The van der Waals surface area contributed by atoms with Crippen LogP contribution in [0.3, 0.4) is 0 Å². The summed E-state index contributed by atoms with van der Waals surface area (Å²) in [5.41, 5.74) is 8.35.